The van der Waals surface area contributed by atoms with Crippen LogP contribution in [0, 0.1) is 18.3 Å². The molecule has 1 rings (SSSR count). The summed E-state index contributed by atoms with van der Waals surface area (Å²) in [5, 5.41) is 18.9. The average Bonchev–Trinajstić information content (AvgIpc) is 2.46. The number of aliphatic carboxylic acids is 1. The Morgan fingerprint density at radius 2 is 2.46 bits per heavy atom. The summed E-state index contributed by atoms with van der Waals surface area (Å²) >= 11 is 1.42. The molecule has 1 heterocycles. The first-order valence-corrected chi connectivity index (χ1v) is 4.42. The van der Waals surface area contributed by atoms with E-state index >= 15 is 0 Å². The van der Waals surface area contributed by atoms with Gasteiger partial charge in [-0.1, -0.05) is 0 Å². The van der Waals surface area contributed by atoms with Crippen molar-refractivity contribution >= 4 is 23.4 Å². The zero-order valence-corrected chi connectivity index (χ0v) is 7.76. The van der Waals surface area contributed by atoms with Crippen LogP contribution in [0.15, 0.2) is 17.0 Å². The molecule has 1 N–H and O–H groups in total. The molecule has 0 saturated heterocycles. The van der Waals surface area contributed by atoms with Crippen molar-refractivity contribution in [1.82, 2.24) is 0 Å². The van der Waals surface area contributed by atoms with Crippen molar-refractivity contribution < 1.29 is 9.90 Å². The van der Waals surface area contributed by atoms with E-state index in [9.17, 15) is 4.79 Å². The number of nitrogens with zero attached hydrogens (tertiary/aromatic N) is 1. The Bertz CT molecular complexity index is 398. The van der Waals surface area contributed by atoms with E-state index in [0.717, 1.165) is 10.4 Å². The Morgan fingerprint density at radius 3 is 2.85 bits per heavy atom. The first-order valence-electron chi connectivity index (χ1n) is 3.54. The summed E-state index contributed by atoms with van der Waals surface area (Å²) in [6.07, 6.45) is 1.39. The van der Waals surface area contributed by atoms with Gasteiger partial charge in [0.15, 0.2) is 0 Å². The summed E-state index contributed by atoms with van der Waals surface area (Å²) in [5.74, 6) is -1.18. The molecule has 1 aromatic heterocycles. The van der Waals surface area contributed by atoms with E-state index in [0.29, 0.717) is 0 Å². The van der Waals surface area contributed by atoms with Gasteiger partial charge in [0.25, 0.3) is 0 Å². The van der Waals surface area contributed by atoms with Gasteiger partial charge in [0.05, 0.1) is 0 Å². The van der Waals surface area contributed by atoms with Crippen molar-refractivity contribution in [3.05, 3.63) is 27.5 Å². The van der Waals surface area contributed by atoms with Crippen LogP contribution in [-0.4, -0.2) is 11.1 Å². The molecule has 0 bridgehead atoms. The number of carboxylic acids is 1. The first-order chi connectivity index (χ1) is 6.15. The molecule has 13 heavy (non-hydrogen) atoms. The molecule has 0 aliphatic heterocycles. The lowest BCUT2D eigenvalue weighted by molar-refractivity contribution is -0.132. The molecule has 0 unspecified atom stereocenters. The number of hydrogen-bond acceptors (Lipinski definition) is 3. The van der Waals surface area contributed by atoms with Crippen molar-refractivity contribution in [2.75, 3.05) is 0 Å². The molecule has 0 aliphatic rings. The Labute approximate surface area is 79.6 Å². The van der Waals surface area contributed by atoms with Crippen molar-refractivity contribution in [3.63, 3.8) is 0 Å². The number of hydrogen-bond donors (Lipinski definition) is 1. The Hall–Kier alpha value is -1.60. The van der Waals surface area contributed by atoms with Crippen LogP contribution in [0.5, 0.6) is 0 Å². The second-order valence-corrected chi connectivity index (χ2v) is 3.39. The van der Waals surface area contributed by atoms with Gasteiger partial charge in [-0.2, -0.15) is 5.26 Å². The molecular formula is C9H7NO2S. The number of carbonyl (C=O) groups is 1. The number of thiophene rings is 1. The van der Waals surface area contributed by atoms with E-state index in [1.165, 1.54) is 17.4 Å². The maximum absolute atomic E-state index is 10.5. The SMILES string of the molecule is Cc1ccsc1/C=C(\C#N)C(=O)O. The van der Waals surface area contributed by atoms with Gasteiger partial charge in [-0.15, -0.1) is 11.3 Å². The van der Waals surface area contributed by atoms with E-state index in [-0.39, 0.29) is 5.57 Å². The zero-order chi connectivity index (χ0) is 9.84. The molecule has 0 spiro atoms. The Morgan fingerprint density at radius 1 is 1.77 bits per heavy atom. The van der Waals surface area contributed by atoms with Crippen LogP contribution in [0.1, 0.15) is 10.4 Å². The first kappa shape index (κ1) is 9.49. The van der Waals surface area contributed by atoms with E-state index in [1.54, 1.807) is 6.07 Å². The van der Waals surface area contributed by atoms with Gasteiger partial charge >= 0.3 is 5.97 Å². The standard InChI is InChI=1S/C9H7NO2S/c1-6-2-3-13-8(6)4-7(5-10)9(11)12/h2-4H,1H3,(H,11,12)/b7-4+. The summed E-state index contributed by atoms with van der Waals surface area (Å²) in [6.45, 7) is 1.87. The Balaban J connectivity index is 3.07. The van der Waals surface area contributed by atoms with Crippen molar-refractivity contribution in [2.45, 2.75) is 6.92 Å². The maximum atomic E-state index is 10.5. The summed E-state index contributed by atoms with van der Waals surface area (Å²) in [7, 11) is 0. The second-order valence-electron chi connectivity index (χ2n) is 2.44. The van der Waals surface area contributed by atoms with Gasteiger partial charge in [0, 0.05) is 4.88 Å². The van der Waals surface area contributed by atoms with Crippen molar-refractivity contribution in [3.8, 4) is 6.07 Å². The third-order valence-corrected chi connectivity index (χ3v) is 2.49. The van der Waals surface area contributed by atoms with Crippen LogP contribution in [0.4, 0.5) is 0 Å². The topological polar surface area (TPSA) is 61.1 Å². The molecular weight excluding hydrogens is 186 g/mol. The van der Waals surface area contributed by atoms with Crippen molar-refractivity contribution in [2.24, 2.45) is 0 Å². The van der Waals surface area contributed by atoms with Crippen LogP contribution in [-0.2, 0) is 4.79 Å². The minimum atomic E-state index is -1.18. The molecule has 0 aromatic carbocycles. The van der Waals surface area contributed by atoms with Gasteiger partial charge in [-0.05, 0) is 30.0 Å². The summed E-state index contributed by atoms with van der Waals surface area (Å²) in [5.41, 5.74) is 0.754. The van der Waals surface area contributed by atoms with Crippen LogP contribution in [0.2, 0.25) is 0 Å². The average molecular weight is 193 g/mol. The number of rotatable bonds is 2. The van der Waals surface area contributed by atoms with E-state index < -0.39 is 5.97 Å². The third kappa shape index (κ3) is 2.17. The van der Waals surface area contributed by atoms with Crippen molar-refractivity contribution in [1.29, 1.82) is 5.26 Å². The molecule has 3 nitrogen and oxygen atoms in total. The normalized spacial score (nSPS) is 10.9. The van der Waals surface area contributed by atoms with Gasteiger partial charge < -0.3 is 5.11 Å². The monoisotopic (exact) mass is 193 g/mol. The summed E-state index contributed by atoms with van der Waals surface area (Å²) in [6, 6.07) is 3.52. The van der Waals surface area contributed by atoms with Gasteiger partial charge in [-0.25, -0.2) is 4.79 Å². The Kier molecular flexibility index (Phi) is 2.83. The lowest BCUT2D eigenvalue weighted by Crippen LogP contribution is -1.96. The predicted octanol–water partition coefficient (Wildman–Crippen LogP) is 2.05. The highest BCUT2D eigenvalue weighted by atomic mass is 32.1. The molecule has 0 atom stereocenters. The largest absolute Gasteiger partial charge is 0.477 e. The second kappa shape index (κ2) is 3.87. The number of carboxylic acid groups (broad SMARTS) is 1. The quantitative estimate of drug-likeness (QED) is 0.577. The molecule has 4 heteroatoms. The lowest BCUT2D eigenvalue weighted by atomic mass is 10.2. The van der Waals surface area contributed by atoms with E-state index in [1.807, 2.05) is 18.4 Å². The van der Waals surface area contributed by atoms with Crippen LogP contribution in [0.25, 0.3) is 6.08 Å². The van der Waals surface area contributed by atoms with Crippen LogP contribution < -0.4 is 0 Å². The van der Waals surface area contributed by atoms with Crippen LogP contribution in [0.3, 0.4) is 0 Å². The van der Waals surface area contributed by atoms with Gasteiger partial charge in [0.2, 0.25) is 0 Å². The third-order valence-electron chi connectivity index (χ3n) is 1.53. The number of nitriles is 1. The van der Waals surface area contributed by atoms with E-state index in [4.69, 9.17) is 10.4 Å². The highest BCUT2D eigenvalue weighted by Gasteiger charge is 2.06. The zero-order valence-electron chi connectivity index (χ0n) is 6.94. The summed E-state index contributed by atoms with van der Waals surface area (Å²) < 4.78 is 0. The molecule has 0 amide bonds. The number of aryl methyl sites for hydroxylation is 1. The summed E-state index contributed by atoms with van der Waals surface area (Å²) in [4.78, 5) is 11.3. The fourth-order valence-corrected chi connectivity index (χ4v) is 1.66. The smallest absolute Gasteiger partial charge is 0.346 e. The lowest BCUT2D eigenvalue weighted by Gasteiger charge is -1.90. The fraction of sp³-hybridized carbons (Fsp3) is 0.111. The molecule has 0 aliphatic carbocycles. The molecule has 0 radical (unpaired) electrons. The van der Waals surface area contributed by atoms with Gasteiger partial charge in [-0.3, -0.25) is 0 Å². The molecule has 1 aromatic rings. The van der Waals surface area contributed by atoms with E-state index in [2.05, 4.69) is 0 Å². The molecule has 66 valence electrons. The predicted molar refractivity (Wildman–Crippen MR) is 50.3 cm³/mol. The molecule has 0 saturated carbocycles. The minimum absolute atomic E-state index is 0.231. The highest BCUT2D eigenvalue weighted by Crippen LogP contribution is 2.18. The highest BCUT2D eigenvalue weighted by molar-refractivity contribution is 7.11. The van der Waals surface area contributed by atoms with Gasteiger partial charge in [0.1, 0.15) is 11.6 Å². The maximum Gasteiger partial charge on any atom is 0.346 e. The minimum Gasteiger partial charge on any atom is -0.477 e. The van der Waals surface area contributed by atoms with Crippen LogP contribution >= 0.6 is 11.3 Å². The molecule has 0 fully saturated rings. The fourth-order valence-electron chi connectivity index (χ4n) is 0.805.